The highest BCUT2D eigenvalue weighted by Crippen LogP contribution is 2.23. The lowest BCUT2D eigenvalue weighted by molar-refractivity contribution is -0.125. The summed E-state index contributed by atoms with van der Waals surface area (Å²) in [7, 11) is 0. The van der Waals surface area contributed by atoms with Gasteiger partial charge >= 0.3 is 0 Å². The van der Waals surface area contributed by atoms with Gasteiger partial charge in [0.25, 0.3) is 5.56 Å². The summed E-state index contributed by atoms with van der Waals surface area (Å²) in [6.45, 7) is 1.84. The zero-order valence-electron chi connectivity index (χ0n) is 14.3. The van der Waals surface area contributed by atoms with Crippen LogP contribution in [-0.2, 0) is 11.3 Å². The number of hydrogen-bond donors (Lipinski definition) is 1. The topological polar surface area (TPSA) is 124 Å². The van der Waals surface area contributed by atoms with Gasteiger partial charge in [-0.1, -0.05) is 0 Å². The Morgan fingerprint density at radius 2 is 2.04 bits per heavy atom. The Morgan fingerprint density at radius 1 is 1.19 bits per heavy atom. The number of aromatic nitrogens is 7. The van der Waals surface area contributed by atoms with Crippen LogP contribution in [0.3, 0.4) is 0 Å². The number of amides is 1. The SMILES string of the molecule is O=C(NCCn1ncccc1=O)C1CN(c2cc(-n3cncn3)ncn2)C1. The predicted octanol–water partition coefficient (Wildman–Crippen LogP) is -1.13. The normalized spacial score (nSPS) is 14.0. The van der Waals surface area contributed by atoms with E-state index in [9.17, 15) is 9.59 Å². The third kappa shape index (κ3) is 3.66. The lowest BCUT2D eigenvalue weighted by atomic mass is 9.99. The van der Waals surface area contributed by atoms with E-state index in [1.165, 1.54) is 23.4 Å². The summed E-state index contributed by atoms with van der Waals surface area (Å²) < 4.78 is 2.87. The molecule has 4 heterocycles. The van der Waals surface area contributed by atoms with Crippen LogP contribution in [0.2, 0.25) is 0 Å². The van der Waals surface area contributed by atoms with Crippen LogP contribution in [0.5, 0.6) is 0 Å². The van der Waals surface area contributed by atoms with Gasteiger partial charge < -0.3 is 10.2 Å². The van der Waals surface area contributed by atoms with Gasteiger partial charge in [-0.2, -0.15) is 10.2 Å². The first-order chi connectivity index (χ1) is 13.2. The molecule has 138 valence electrons. The molecule has 1 fully saturated rings. The molecule has 1 aliphatic rings. The summed E-state index contributed by atoms with van der Waals surface area (Å²) >= 11 is 0. The van der Waals surface area contributed by atoms with Gasteiger partial charge in [-0.25, -0.2) is 24.3 Å². The van der Waals surface area contributed by atoms with Crippen LogP contribution >= 0.6 is 0 Å². The summed E-state index contributed by atoms with van der Waals surface area (Å²) in [4.78, 5) is 38.1. The highest BCUT2D eigenvalue weighted by Gasteiger charge is 2.33. The molecule has 0 aromatic carbocycles. The molecule has 1 aliphatic heterocycles. The van der Waals surface area contributed by atoms with Crippen molar-refractivity contribution < 1.29 is 4.79 Å². The molecular formula is C16H17N9O2. The molecule has 0 unspecified atom stereocenters. The molecular weight excluding hydrogens is 350 g/mol. The molecule has 0 bridgehead atoms. The van der Waals surface area contributed by atoms with Crippen molar-refractivity contribution in [2.24, 2.45) is 5.92 Å². The molecule has 3 aromatic rings. The molecule has 1 N–H and O–H groups in total. The smallest absolute Gasteiger partial charge is 0.266 e. The quantitative estimate of drug-likeness (QED) is 0.580. The third-order valence-electron chi connectivity index (χ3n) is 4.28. The molecule has 0 spiro atoms. The van der Waals surface area contributed by atoms with Gasteiger partial charge in [-0.3, -0.25) is 9.59 Å². The fourth-order valence-corrected chi connectivity index (χ4v) is 2.78. The van der Waals surface area contributed by atoms with Gasteiger partial charge in [0.1, 0.15) is 24.8 Å². The Bertz CT molecular complexity index is 979. The average Bonchev–Trinajstić information content (AvgIpc) is 3.17. The van der Waals surface area contributed by atoms with Crippen LogP contribution < -0.4 is 15.8 Å². The number of carbonyl (C=O) groups is 1. The fraction of sp³-hybridized carbons (Fsp3) is 0.312. The Kier molecular flexibility index (Phi) is 4.56. The first-order valence-electron chi connectivity index (χ1n) is 8.42. The van der Waals surface area contributed by atoms with Gasteiger partial charge in [-0.05, 0) is 6.07 Å². The molecule has 1 saturated heterocycles. The molecule has 4 rings (SSSR count). The van der Waals surface area contributed by atoms with Crippen LogP contribution in [-0.4, -0.2) is 60.1 Å². The standard InChI is InChI=1S/C16H17N9O2/c26-15-2-1-3-21-24(15)5-4-18-16(27)12-7-23(8-12)13-6-14(20-10-19-13)25-11-17-9-22-25/h1-3,6,9-12H,4-5,7-8H2,(H,18,27). The zero-order chi connectivity index (χ0) is 18.6. The molecule has 0 atom stereocenters. The molecule has 0 aliphatic carbocycles. The predicted molar refractivity (Wildman–Crippen MR) is 94.2 cm³/mol. The Balaban J connectivity index is 1.28. The third-order valence-corrected chi connectivity index (χ3v) is 4.28. The van der Waals surface area contributed by atoms with Crippen molar-refractivity contribution in [2.45, 2.75) is 6.54 Å². The minimum atomic E-state index is -0.187. The molecule has 3 aromatic heterocycles. The van der Waals surface area contributed by atoms with Crippen LogP contribution in [0, 0.1) is 5.92 Å². The maximum absolute atomic E-state index is 12.2. The largest absolute Gasteiger partial charge is 0.355 e. The van der Waals surface area contributed by atoms with Gasteiger partial charge in [0, 0.05) is 38.0 Å². The van der Waals surface area contributed by atoms with E-state index < -0.39 is 0 Å². The van der Waals surface area contributed by atoms with Crippen molar-refractivity contribution in [3.8, 4) is 5.82 Å². The van der Waals surface area contributed by atoms with Crippen molar-refractivity contribution >= 4 is 11.7 Å². The number of rotatable bonds is 6. The number of anilines is 1. The molecule has 11 heteroatoms. The highest BCUT2D eigenvalue weighted by atomic mass is 16.2. The Labute approximate surface area is 153 Å². The van der Waals surface area contributed by atoms with E-state index in [0.717, 1.165) is 5.82 Å². The summed E-state index contributed by atoms with van der Waals surface area (Å²) in [5, 5.41) is 10.8. The molecule has 0 radical (unpaired) electrons. The van der Waals surface area contributed by atoms with Crippen molar-refractivity contribution in [3.63, 3.8) is 0 Å². The minimum Gasteiger partial charge on any atom is -0.355 e. The van der Waals surface area contributed by atoms with Gasteiger partial charge in [0.2, 0.25) is 5.91 Å². The van der Waals surface area contributed by atoms with Crippen LogP contribution in [0.4, 0.5) is 5.82 Å². The molecule has 1 amide bonds. The number of nitrogens with one attached hydrogen (secondary N) is 1. The van der Waals surface area contributed by atoms with Crippen molar-refractivity contribution in [1.82, 2.24) is 39.8 Å². The lowest BCUT2D eigenvalue weighted by Gasteiger charge is -2.39. The lowest BCUT2D eigenvalue weighted by Crippen LogP contribution is -2.54. The Morgan fingerprint density at radius 3 is 2.81 bits per heavy atom. The van der Waals surface area contributed by atoms with Gasteiger partial charge in [-0.15, -0.1) is 0 Å². The van der Waals surface area contributed by atoms with Crippen LogP contribution in [0.1, 0.15) is 0 Å². The van der Waals surface area contributed by atoms with Crippen molar-refractivity contribution in [3.05, 3.63) is 53.7 Å². The van der Waals surface area contributed by atoms with E-state index in [1.807, 2.05) is 4.90 Å². The highest BCUT2D eigenvalue weighted by molar-refractivity contribution is 5.81. The summed E-state index contributed by atoms with van der Waals surface area (Å²) in [5.74, 6) is 1.20. The fourth-order valence-electron chi connectivity index (χ4n) is 2.78. The van der Waals surface area contributed by atoms with E-state index in [0.29, 0.717) is 32.0 Å². The number of carbonyl (C=O) groups excluding carboxylic acids is 1. The summed E-state index contributed by atoms with van der Waals surface area (Å²) in [5.41, 5.74) is -0.187. The minimum absolute atomic E-state index is 0.0409. The Hall–Kier alpha value is -3.63. The molecule has 0 saturated carbocycles. The maximum atomic E-state index is 12.2. The van der Waals surface area contributed by atoms with Crippen LogP contribution in [0.15, 0.2) is 48.2 Å². The number of nitrogens with zero attached hydrogens (tertiary/aromatic N) is 8. The number of hydrogen-bond acceptors (Lipinski definition) is 8. The van der Waals surface area contributed by atoms with E-state index in [1.54, 1.807) is 29.3 Å². The molecule has 11 nitrogen and oxygen atoms in total. The second kappa shape index (κ2) is 7.32. The van der Waals surface area contributed by atoms with Crippen molar-refractivity contribution in [2.75, 3.05) is 24.5 Å². The second-order valence-corrected chi connectivity index (χ2v) is 6.05. The first kappa shape index (κ1) is 16.8. The first-order valence-corrected chi connectivity index (χ1v) is 8.42. The summed E-state index contributed by atoms with van der Waals surface area (Å²) in [6, 6.07) is 4.83. The second-order valence-electron chi connectivity index (χ2n) is 6.05. The average molecular weight is 367 g/mol. The van der Waals surface area contributed by atoms with E-state index in [-0.39, 0.29) is 17.4 Å². The van der Waals surface area contributed by atoms with Crippen LogP contribution in [0.25, 0.3) is 5.82 Å². The van der Waals surface area contributed by atoms with E-state index in [4.69, 9.17) is 0 Å². The summed E-state index contributed by atoms with van der Waals surface area (Å²) in [6.07, 6.45) is 6.00. The van der Waals surface area contributed by atoms with Gasteiger partial charge in [0.15, 0.2) is 5.82 Å². The zero-order valence-corrected chi connectivity index (χ0v) is 14.3. The van der Waals surface area contributed by atoms with Crippen molar-refractivity contribution in [1.29, 1.82) is 0 Å². The van der Waals surface area contributed by atoms with E-state index >= 15 is 0 Å². The van der Waals surface area contributed by atoms with Gasteiger partial charge in [0.05, 0.1) is 12.5 Å². The van der Waals surface area contributed by atoms with E-state index in [2.05, 4.69) is 30.5 Å². The maximum Gasteiger partial charge on any atom is 0.266 e. The monoisotopic (exact) mass is 367 g/mol. The molecule has 27 heavy (non-hydrogen) atoms.